The van der Waals surface area contributed by atoms with Gasteiger partial charge >= 0.3 is 5.97 Å². The van der Waals surface area contributed by atoms with Crippen LogP contribution in [0.5, 0.6) is 0 Å². The maximum atomic E-state index is 12.2. The van der Waals surface area contributed by atoms with Gasteiger partial charge in [-0.15, -0.1) is 0 Å². The predicted molar refractivity (Wildman–Crippen MR) is 72.4 cm³/mol. The Labute approximate surface area is 109 Å². The van der Waals surface area contributed by atoms with Crippen LogP contribution in [0.3, 0.4) is 0 Å². The van der Waals surface area contributed by atoms with Gasteiger partial charge in [0, 0.05) is 5.92 Å². The third-order valence-electron chi connectivity index (χ3n) is 3.94. The van der Waals surface area contributed by atoms with Crippen molar-refractivity contribution >= 4 is 5.97 Å². The van der Waals surface area contributed by atoms with Gasteiger partial charge < -0.3 is 4.74 Å². The third kappa shape index (κ3) is 2.43. The van der Waals surface area contributed by atoms with Crippen molar-refractivity contribution in [3.05, 3.63) is 35.9 Å². The van der Waals surface area contributed by atoms with Crippen LogP contribution in [-0.2, 0) is 9.53 Å². The number of rotatable bonds is 6. The van der Waals surface area contributed by atoms with Crippen LogP contribution in [0.1, 0.15) is 51.0 Å². The van der Waals surface area contributed by atoms with Crippen LogP contribution >= 0.6 is 0 Å². The molecule has 0 spiro atoms. The van der Waals surface area contributed by atoms with Gasteiger partial charge in [-0.25, -0.2) is 0 Å². The molecule has 0 N–H and O–H groups in total. The Hall–Kier alpha value is -1.31. The van der Waals surface area contributed by atoms with Crippen molar-refractivity contribution in [2.75, 3.05) is 6.61 Å². The van der Waals surface area contributed by atoms with Gasteiger partial charge in [0.1, 0.15) is 0 Å². The number of hydrogen-bond acceptors (Lipinski definition) is 2. The SMILES string of the molecule is CCCC[C@@]1(C(=O)OCC)C[C@H]1c1ccccc1. The maximum Gasteiger partial charge on any atom is 0.312 e. The van der Waals surface area contributed by atoms with Gasteiger partial charge in [0.2, 0.25) is 0 Å². The van der Waals surface area contributed by atoms with E-state index < -0.39 is 0 Å². The number of hydrogen-bond donors (Lipinski definition) is 0. The predicted octanol–water partition coefficient (Wildman–Crippen LogP) is 3.91. The second-order valence-corrected chi connectivity index (χ2v) is 5.15. The molecule has 0 heterocycles. The molecule has 1 fully saturated rings. The molecule has 0 saturated heterocycles. The average Bonchev–Trinajstić information content (AvgIpc) is 3.14. The fourth-order valence-corrected chi connectivity index (χ4v) is 2.80. The van der Waals surface area contributed by atoms with E-state index in [1.165, 1.54) is 5.56 Å². The van der Waals surface area contributed by atoms with Crippen LogP contribution in [-0.4, -0.2) is 12.6 Å². The van der Waals surface area contributed by atoms with E-state index in [-0.39, 0.29) is 11.4 Å². The number of ether oxygens (including phenoxy) is 1. The van der Waals surface area contributed by atoms with Crippen LogP contribution in [0.25, 0.3) is 0 Å². The van der Waals surface area contributed by atoms with Crippen molar-refractivity contribution in [1.29, 1.82) is 0 Å². The van der Waals surface area contributed by atoms with Gasteiger partial charge in [0.05, 0.1) is 12.0 Å². The van der Waals surface area contributed by atoms with Crippen molar-refractivity contribution in [3.8, 4) is 0 Å². The van der Waals surface area contributed by atoms with Crippen LogP contribution in [0, 0.1) is 5.41 Å². The smallest absolute Gasteiger partial charge is 0.312 e. The molecule has 18 heavy (non-hydrogen) atoms. The number of carbonyl (C=O) groups is 1. The largest absolute Gasteiger partial charge is 0.466 e. The van der Waals surface area contributed by atoms with Crippen molar-refractivity contribution in [2.45, 2.75) is 45.4 Å². The number of unbranched alkanes of at least 4 members (excludes halogenated alkanes) is 1. The summed E-state index contributed by atoms with van der Waals surface area (Å²) in [7, 11) is 0. The lowest BCUT2D eigenvalue weighted by atomic mass is 9.93. The van der Waals surface area contributed by atoms with Crippen LogP contribution in [0.2, 0.25) is 0 Å². The Bertz CT molecular complexity index is 399. The maximum absolute atomic E-state index is 12.2. The molecule has 1 aliphatic carbocycles. The molecule has 98 valence electrons. The Morgan fingerprint density at radius 1 is 1.33 bits per heavy atom. The zero-order valence-corrected chi connectivity index (χ0v) is 11.3. The fourth-order valence-electron chi connectivity index (χ4n) is 2.80. The first-order chi connectivity index (χ1) is 8.74. The fraction of sp³-hybridized carbons (Fsp3) is 0.562. The molecular formula is C16H22O2. The minimum absolute atomic E-state index is 0.00676. The van der Waals surface area contributed by atoms with E-state index in [4.69, 9.17) is 4.74 Å². The summed E-state index contributed by atoms with van der Waals surface area (Å²) in [5, 5.41) is 0. The second-order valence-electron chi connectivity index (χ2n) is 5.15. The molecule has 0 radical (unpaired) electrons. The lowest BCUT2D eigenvalue weighted by molar-refractivity contribution is -0.150. The van der Waals surface area contributed by atoms with Crippen LogP contribution < -0.4 is 0 Å². The molecule has 1 saturated carbocycles. The molecule has 2 rings (SSSR count). The summed E-state index contributed by atoms with van der Waals surface area (Å²) in [4.78, 5) is 12.2. The summed E-state index contributed by atoms with van der Waals surface area (Å²) in [6.07, 6.45) is 4.14. The van der Waals surface area contributed by atoms with Crippen molar-refractivity contribution in [3.63, 3.8) is 0 Å². The lowest BCUT2D eigenvalue weighted by Gasteiger charge is -2.15. The zero-order valence-electron chi connectivity index (χ0n) is 11.3. The topological polar surface area (TPSA) is 26.3 Å². The molecule has 1 aromatic rings. The Morgan fingerprint density at radius 2 is 2.06 bits per heavy atom. The van der Waals surface area contributed by atoms with E-state index >= 15 is 0 Å². The van der Waals surface area contributed by atoms with Crippen LogP contribution in [0.15, 0.2) is 30.3 Å². The summed E-state index contributed by atoms with van der Waals surface area (Å²) in [6, 6.07) is 10.4. The first-order valence-electron chi connectivity index (χ1n) is 6.96. The average molecular weight is 246 g/mol. The molecule has 2 nitrogen and oxygen atoms in total. The highest BCUT2D eigenvalue weighted by molar-refractivity contribution is 5.82. The summed E-state index contributed by atoms with van der Waals surface area (Å²) in [5.41, 5.74) is 1.05. The number of esters is 1. The molecule has 0 aliphatic heterocycles. The van der Waals surface area contributed by atoms with E-state index in [0.717, 1.165) is 25.7 Å². The highest BCUT2D eigenvalue weighted by atomic mass is 16.5. The van der Waals surface area contributed by atoms with E-state index in [2.05, 4.69) is 19.1 Å². The Kier molecular flexibility index (Phi) is 4.05. The summed E-state index contributed by atoms with van der Waals surface area (Å²) < 4.78 is 5.28. The monoisotopic (exact) mass is 246 g/mol. The summed E-state index contributed by atoms with van der Waals surface area (Å²) >= 11 is 0. The van der Waals surface area contributed by atoms with Gasteiger partial charge in [0.15, 0.2) is 0 Å². The van der Waals surface area contributed by atoms with Gasteiger partial charge in [-0.05, 0) is 25.3 Å². The molecule has 0 bridgehead atoms. The highest BCUT2D eigenvalue weighted by Gasteiger charge is 2.60. The molecule has 0 aromatic heterocycles. The molecule has 2 heteroatoms. The Balaban J connectivity index is 2.12. The zero-order chi connectivity index (χ0) is 13.0. The standard InChI is InChI=1S/C16H22O2/c1-3-5-11-16(15(17)18-4-2)12-14(16)13-9-7-6-8-10-13/h6-10,14H,3-5,11-12H2,1-2H3/t14-,16+/m0/s1. The molecule has 0 unspecified atom stereocenters. The minimum Gasteiger partial charge on any atom is -0.466 e. The number of carbonyl (C=O) groups excluding carboxylic acids is 1. The van der Waals surface area contributed by atoms with Crippen molar-refractivity contribution < 1.29 is 9.53 Å². The lowest BCUT2D eigenvalue weighted by Crippen LogP contribution is -2.21. The quantitative estimate of drug-likeness (QED) is 0.711. The van der Waals surface area contributed by atoms with Gasteiger partial charge in [-0.3, -0.25) is 4.79 Å². The van der Waals surface area contributed by atoms with E-state index in [9.17, 15) is 4.79 Å². The molecule has 0 amide bonds. The van der Waals surface area contributed by atoms with Crippen molar-refractivity contribution in [1.82, 2.24) is 0 Å². The van der Waals surface area contributed by atoms with Gasteiger partial charge in [-0.1, -0.05) is 50.1 Å². The molecular weight excluding hydrogens is 224 g/mol. The highest BCUT2D eigenvalue weighted by Crippen LogP contribution is 2.62. The van der Waals surface area contributed by atoms with Gasteiger partial charge in [-0.2, -0.15) is 0 Å². The van der Waals surface area contributed by atoms with Crippen LogP contribution in [0.4, 0.5) is 0 Å². The first-order valence-corrected chi connectivity index (χ1v) is 6.96. The van der Waals surface area contributed by atoms with E-state index in [1.54, 1.807) is 0 Å². The second kappa shape index (κ2) is 5.55. The normalized spacial score (nSPS) is 25.8. The van der Waals surface area contributed by atoms with E-state index in [0.29, 0.717) is 12.5 Å². The van der Waals surface area contributed by atoms with Gasteiger partial charge in [0.25, 0.3) is 0 Å². The number of benzene rings is 1. The van der Waals surface area contributed by atoms with Crippen molar-refractivity contribution in [2.24, 2.45) is 5.41 Å². The summed E-state index contributed by atoms with van der Waals surface area (Å²) in [5.74, 6) is 0.372. The third-order valence-corrected chi connectivity index (χ3v) is 3.94. The molecule has 1 aliphatic rings. The molecule has 1 aromatic carbocycles. The minimum atomic E-state index is -0.229. The Morgan fingerprint density at radius 3 is 2.67 bits per heavy atom. The summed E-state index contributed by atoms with van der Waals surface area (Å²) in [6.45, 7) is 4.53. The first kappa shape index (κ1) is 13.1. The molecule has 2 atom stereocenters. The van der Waals surface area contributed by atoms with E-state index in [1.807, 2.05) is 25.1 Å².